The number of likely N-dealkylation sites (N-methyl/N-ethyl adjacent to an activating group) is 1. The summed E-state index contributed by atoms with van der Waals surface area (Å²) in [7, 11) is 5.51. The van der Waals surface area contributed by atoms with Crippen LogP contribution >= 0.6 is 0 Å². The van der Waals surface area contributed by atoms with Gasteiger partial charge in [0.2, 0.25) is 5.91 Å². The predicted molar refractivity (Wildman–Crippen MR) is 89.4 cm³/mol. The average molecular weight is 336 g/mol. The molecule has 2 fully saturated rings. The lowest BCUT2D eigenvalue weighted by molar-refractivity contribution is -0.138. The van der Waals surface area contributed by atoms with Crippen molar-refractivity contribution in [2.75, 3.05) is 33.9 Å². The molecule has 2 aliphatic heterocycles. The van der Waals surface area contributed by atoms with Gasteiger partial charge in [0.15, 0.2) is 0 Å². The Labute approximate surface area is 143 Å². The Bertz CT molecular complexity index is 560. The summed E-state index contributed by atoms with van der Waals surface area (Å²) in [6, 6.07) is 0.473. The number of nitrogens with zero attached hydrogens (tertiary/aromatic N) is 4. The fraction of sp³-hybridized carbons (Fsp3) is 0.765. The Kier molecular flexibility index (Phi) is 5.53. The van der Waals surface area contributed by atoms with Crippen LogP contribution in [0.2, 0.25) is 0 Å². The van der Waals surface area contributed by atoms with E-state index in [1.165, 1.54) is 0 Å². The molecule has 7 heteroatoms. The second-order valence-corrected chi connectivity index (χ2v) is 6.96. The Balaban J connectivity index is 1.45. The SMILES string of the molecule is CN(C)C(=O)COC[C@@H]1CC[C@H]2[C@H](CCN2Cc2nccn2C)O1. The van der Waals surface area contributed by atoms with Crippen molar-refractivity contribution < 1.29 is 14.3 Å². The lowest BCUT2D eigenvalue weighted by Crippen LogP contribution is -2.44. The van der Waals surface area contributed by atoms with Crippen LogP contribution in [-0.2, 0) is 27.9 Å². The molecule has 0 radical (unpaired) electrons. The van der Waals surface area contributed by atoms with Crippen LogP contribution in [0.25, 0.3) is 0 Å². The highest BCUT2D eigenvalue weighted by molar-refractivity contribution is 5.76. The van der Waals surface area contributed by atoms with Crippen molar-refractivity contribution in [2.45, 2.75) is 44.1 Å². The number of imidazole rings is 1. The molecule has 0 aromatic carbocycles. The topological polar surface area (TPSA) is 59.8 Å². The van der Waals surface area contributed by atoms with Gasteiger partial charge in [0.25, 0.3) is 0 Å². The molecule has 2 saturated heterocycles. The molecule has 24 heavy (non-hydrogen) atoms. The maximum atomic E-state index is 11.5. The summed E-state index contributed by atoms with van der Waals surface area (Å²) in [4.78, 5) is 20.0. The van der Waals surface area contributed by atoms with Gasteiger partial charge < -0.3 is 18.9 Å². The van der Waals surface area contributed by atoms with Gasteiger partial charge in [-0.1, -0.05) is 0 Å². The maximum Gasteiger partial charge on any atom is 0.248 e. The number of aromatic nitrogens is 2. The molecule has 0 aliphatic carbocycles. The number of fused-ring (bicyclic) bond motifs is 1. The third-order valence-corrected chi connectivity index (χ3v) is 5.04. The molecule has 2 aliphatic rings. The molecular formula is C17H28N4O3. The van der Waals surface area contributed by atoms with Gasteiger partial charge in [-0.25, -0.2) is 4.98 Å². The number of aryl methyl sites for hydroxylation is 1. The fourth-order valence-corrected chi connectivity index (χ4v) is 3.54. The molecule has 7 nitrogen and oxygen atoms in total. The number of carbonyl (C=O) groups is 1. The number of amides is 1. The smallest absolute Gasteiger partial charge is 0.248 e. The second-order valence-electron chi connectivity index (χ2n) is 6.96. The molecular weight excluding hydrogens is 308 g/mol. The summed E-state index contributed by atoms with van der Waals surface area (Å²) in [5.41, 5.74) is 0. The van der Waals surface area contributed by atoms with Crippen molar-refractivity contribution in [3.05, 3.63) is 18.2 Å². The van der Waals surface area contributed by atoms with Gasteiger partial charge >= 0.3 is 0 Å². The highest BCUT2D eigenvalue weighted by Crippen LogP contribution is 2.32. The van der Waals surface area contributed by atoms with E-state index >= 15 is 0 Å². The highest BCUT2D eigenvalue weighted by Gasteiger charge is 2.40. The normalized spacial score (nSPS) is 27.2. The quantitative estimate of drug-likeness (QED) is 0.763. The van der Waals surface area contributed by atoms with E-state index in [9.17, 15) is 4.79 Å². The summed E-state index contributed by atoms with van der Waals surface area (Å²) in [5.74, 6) is 1.09. The Morgan fingerprint density at radius 2 is 2.25 bits per heavy atom. The molecule has 3 heterocycles. The van der Waals surface area contributed by atoms with Gasteiger partial charge in [0.1, 0.15) is 12.4 Å². The van der Waals surface area contributed by atoms with Crippen LogP contribution in [0.3, 0.4) is 0 Å². The average Bonchev–Trinajstić information content (AvgIpc) is 3.14. The second kappa shape index (κ2) is 7.63. The van der Waals surface area contributed by atoms with Crippen molar-refractivity contribution in [1.82, 2.24) is 19.4 Å². The molecule has 0 saturated carbocycles. The van der Waals surface area contributed by atoms with Gasteiger partial charge in [0.05, 0.1) is 25.4 Å². The zero-order valence-corrected chi connectivity index (χ0v) is 14.9. The van der Waals surface area contributed by atoms with E-state index < -0.39 is 0 Å². The van der Waals surface area contributed by atoms with Gasteiger partial charge in [-0.3, -0.25) is 9.69 Å². The largest absolute Gasteiger partial charge is 0.371 e. The van der Waals surface area contributed by atoms with Crippen molar-refractivity contribution >= 4 is 5.91 Å². The lowest BCUT2D eigenvalue weighted by atomic mass is 9.99. The van der Waals surface area contributed by atoms with Crippen LogP contribution in [0.1, 0.15) is 25.1 Å². The van der Waals surface area contributed by atoms with Crippen LogP contribution in [-0.4, -0.2) is 77.4 Å². The van der Waals surface area contributed by atoms with E-state index in [0.29, 0.717) is 12.6 Å². The van der Waals surface area contributed by atoms with Crippen LogP contribution in [0.15, 0.2) is 12.4 Å². The molecule has 0 spiro atoms. The van der Waals surface area contributed by atoms with E-state index in [4.69, 9.17) is 9.47 Å². The highest BCUT2D eigenvalue weighted by atomic mass is 16.5. The third kappa shape index (κ3) is 3.96. The molecule has 0 bridgehead atoms. The monoisotopic (exact) mass is 336 g/mol. The Morgan fingerprint density at radius 1 is 1.42 bits per heavy atom. The molecule has 1 aromatic rings. The molecule has 1 aromatic heterocycles. The van der Waals surface area contributed by atoms with Crippen LogP contribution < -0.4 is 0 Å². The molecule has 3 rings (SSSR count). The Morgan fingerprint density at radius 3 is 2.96 bits per heavy atom. The van der Waals surface area contributed by atoms with E-state index in [1.54, 1.807) is 19.0 Å². The number of likely N-dealkylation sites (tertiary alicyclic amines) is 1. The molecule has 0 unspecified atom stereocenters. The summed E-state index contributed by atoms with van der Waals surface area (Å²) in [5, 5.41) is 0. The number of carbonyl (C=O) groups excluding carboxylic acids is 1. The minimum absolute atomic E-state index is 0.00852. The number of ether oxygens (including phenoxy) is 2. The molecule has 0 N–H and O–H groups in total. The van der Waals surface area contributed by atoms with E-state index in [1.807, 2.05) is 19.4 Å². The first-order valence-electron chi connectivity index (χ1n) is 8.68. The summed E-state index contributed by atoms with van der Waals surface area (Å²) >= 11 is 0. The van der Waals surface area contributed by atoms with Crippen LogP contribution in [0.5, 0.6) is 0 Å². The van der Waals surface area contributed by atoms with Gasteiger partial charge in [-0.05, 0) is 19.3 Å². The van der Waals surface area contributed by atoms with Crippen molar-refractivity contribution in [1.29, 1.82) is 0 Å². The van der Waals surface area contributed by atoms with Gasteiger partial charge in [-0.15, -0.1) is 0 Å². The van der Waals surface area contributed by atoms with Crippen molar-refractivity contribution in [3.8, 4) is 0 Å². The fourth-order valence-electron chi connectivity index (χ4n) is 3.54. The summed E-state index contributed by atoms with van der Waals surface area (Å²) in [6.45, 7) is 2.57. The van der Waals surface area contributed by atoms with Crippen molar-refractivity contribution in [3.63, 3.8) is 0 Å². The summed E-state index contributed by atoms with van der Waals surface area (Å²) in [6.07, 6.45) is 7.37. The van der Waals surface area contributed by atoms with E-state index in [-0.39, 0.29) is 24.7 Å². The van der Waals surface area contributed by atoms with Crippen LogP contribution in [0.4, 0.5) is 0 Å². The molecule has 134 valence electrons. The lowest BCUT2D eigenvalue weighted by Gasteiger charge is -2.35. The van der Waals surface area contributed by atoms with E-state index in [2.05, 4.69) is 14.5 Å². The van der Waals surface area contributed by atoms with E-state index in [0.717, 1.165) is 38.2 Å². The number of hydrogen-bond donors (Lipinski definition) is 0. The van der Waals surface area contributed by atoms with Crippen molar-refractivity contribution in [2.24, 2.45) is 7.05 Å². The standard InChI is InChI=1S/C17H28N4O3/c1-19(2)17(22)12-23-11-13-4-5-14-15(24-13)6-8-21(14)10-16-18-7-9-20(16)3/h7,9,13-15H,4-6,8,10-12H2,1-3H3/t13-,14-,15-/m0/s1. The first-order chi connectivity index (χ1) is 11.5. The predicted octanol–water partition coefficient (Wildman–Crippen LogP) is 0.647. The summed E-state index contributed by atoms with van der Waals surface area (Å²) < 4.78 is 13.8. The first-order valence-corrected chi connectivity index (χ1v) is 8.68. The van der Waals surface area contributed by atoms with Crippen LogP contribution in [0, 0.1) is 0 Å². The zero-order valence-electron chi connectivity index (χ0n) is 14.9. The Hall–Kier alpha value is -1.44. The minimum Gasteiger partial charge on any atom is -0.371 e. The molecule has 3 atom stereocenters. The van der Waals surface area contributed by atoms with Gasteiger partial charge in [-0.2, -0.15) is 0 Å². The zero-order chi connectivity index (χ0) is 17.1. The number of hydrogen-bond acceptors (Lipinski definition) is 5. The number of rotatable bonds is 6. The van der Waals surface area contributed by atoms with Gasteiger partial charge in [0, 0.05) is 46.1 Å². The first kappa shape index (κ1) is 17.4. The third-order valence-electron chi connectivity index (χ3n) is 5.04. The maximum absolute atomic E-state index is 11.5. The molecule has 1 amide bonds. The minimum atomic E-state index is -0.00852.